The van der Waals surface area contributed by atoms with Crippen LogP contribution in [0.25, 0.3) is 11.4 Å². The zero-order valence-corrected chi connectivity index (χ0v) is 13.1. The summed E-state index contributed by atoms with van der Waals surface area (Å²) in [6.45, 7) is 4.16. The summed E-state index contributed by atoms with van der Waals surface area (Å²) in [7, 11) is 0. The highest BCUT2D eigenvalue weighted by atomic mass is 35.5. The number of rotatable bonds is 4. The number of aromatic nitrogens is 2. The second kappa shape index (κ2) is 6.20. The molecular formula is C17H15ClN2O2. The van der Waals surface area contributed by atoms with Crippen molar-refractivity contribution in [3.05, 3.63) is 64.5 Å². The second-order valence-corrected chi connectivity index (χ2v) is 5.43. The molecule has 22 heavy (non-hydrogen) atoms. The Bertz CT molecular complexity index is 799. The first-order valence-electron chi connectivity index (χ1n) is 6.91. The minimum Gasteiger partial charge on any atom is -0.484 e. The van der Waals surface area contributed by atoms with Crippen molar-refractivity contribution in [3.63, 3.8) is 0 Å². The largest absolute Gasteiger partial charge is 0.484 e. The van der Waals surface area contributed by atoms with Crippen molar-refractivity contribution < 1.29 is 9.26 Å². The van der Waals surface area contributed by atoms with Gasteiger partial charge < -0.3 is 9.26 Å². The predicted octanol–water partition coefficient (Wildman–Crippen LogP) is 4.59. The van der Waals surface area contributed by atoms with Crippen LogP contribution in [0.1, 0.15) is 17.0 Å². The molecule has 0 atom stereocenters. The maximum Gasteiger partial charge on any atom is 0.264 e. The summed E-state index contributed by atoms with van der Waals surface area (Å²) in [5, 5.41) is 4.72. The van der Waals surface area contributed by atoms with E-state index in [1.165, 1.54) is 0 Å². The fourth-order valence-corrected chi connectivity index (χ4v) is 2.22. The molecule has 0 amide bonds. The first kappa shape index (κ1) is 14.6. The van der Waals surface area contributed by atoms with Gasteiger partial charge in [0.05, 0.1) is 0 Å². The normalized spacial score (nSPS) is 10.7. The van der Waals surface area contributed by atoms with Crippen LogP contribution in [0.5, 0.6) is 5.75 Å². The zero-order chi connectivity index (χ0) is 15.5. The Balaban J connectivity index is 1.72. The summed E-state index contributed by atoms with van der Waals surface area (Å²) in [6.07, 6.45) is 0. The van der Waals surface area contributed by atoms with E-state index in [9.17, 15) is 0 Å². The number of halogens is 1. The van der Waals surface area contributed by atoms with E-state index in [2.05, 4.69) is 10.1 Å². The van der Waals surface area contributed by atoms with Gasteiger partial charge in [-0.05, 0) is 43.2 Å². The van der Waals surface area contributed by atoms with E-state index in [1.807, 2.05) is 50.2 Å². The third-order valence-electron chi connectivity index (χ3n) is 3.35. The first-order chi connectivity index (χ1) is 10.6. The lowest BCUT2D eigenvalue weighted by Gasteiger charge is -2.04. The Morgan fingerprint density at radius 3 is 2.68 bits per heavy atom. The predicted molar refractivity (Wildman–Crippen MR) is 85.0 cm³/mol. The van der Waals surface area contributed by atoms with Crippen LogP contribution < -0.4 is 4.74 Å². The van der Waals surface area contributed by atoms with Gasteiger partial charge in [0.2, 0.25) is 5.82 Å². The fraction of sp³-hybridized carbons (Fsp3) is 0.176. The molecule has 0 saturated heterocycles. The molecule has 2 aromatic carbocycles. The molecule has 0 fully saturated rings. The third-order valence-corrected chi connectivity index (χ3v) is 3.77. The van der Waals surface area contributed by atoms with E-state index in [1.54, 1.807) is 6.07 Å². The molecule has 0 aliphatic heterocycles. The highest BCUT2D eigenvalue weighted by molar-refractivity contribution is 6.31. The molecule has 0 aliphatic rings. The van der Waals surface area contributed by atoms with Crippen molar-refractivity contribution >= 4 is 11.6 Å². The van der Waals surface area contributed by atoms with Crippen molar-refractivity contribution in [2.45, 2.75) is 20.5 Å². The third kappa shape index (κ3) is 3.12. The molecule has 0 bridgehead atoms. The van der Waals surface area contributed by atoms with Gasteiger partial charge in [-0.3, -0.25) is 0 Å². The number of hydrogen-bond acceptors (Lipinski definition) is 4. The van der Waals surface area contributed by atoms with Gasteiger partial charge in [0.1, 0.15) is 5.75 Å². The van der Waals surface area contributed by atoms with E-state index < -0.39 is 0 Å². The molecule has 1 heterocycles. The molecule has 112 valence electrons. The molecule has 0 N–H and O–H groups in total. The lowest BCUT2D eigenvalue weighted by atomic mass is 10.1. The SMILES string of the molecule is Cc1cc(OCc2nc(-c3ccccc3C)no2)ccc1Cl. The van der Waals surface area contributed by atoms with Crippen LogP contribution in [0.4, 0.5) is 0 Å². The molecule has 3 rings (SSSR count). The van der Waals surface area contributed by atoms with Crippen molar-refractivity contribution in [2.24, 2.45) is 0 Å². The standard InChI is InChI=1S/C17H15ClN2O2/c1-11-5-3-4-6-14(11)17-19-16(22-20-17)10-21-13-7-8-15(18)12(2)9-13/h3-9H,10H2,1-2H3. The quantitative estimate of drug-likeness (QED) is 0.707. The maximum absolute atomic E-state index is 5.99. The Morgan fingerprint density at radius 1 is 1.09 bits per heavy atom. The maximum atomic E-state index is 5.99. The molecule has 4 nitrogen and oxygen atoms in total. The highest BCUT2D eigenvalue weighted by Crippen LogP contribution is 2.23. The van der Waals surface area contributed by atoms with Gasteiger partial charge in [-0.1, -0.05) is 41.0 Å². The van der Waals surface area contributed by atoms with Crippen molar-refractivity contribution in [1.82, 2.24) is 10.1 Å². The smallest absolute Gasteiger partial charge is 0.264 e. The Morgan fingerprint density at radius 2 is 1.91 bits per heavy atom. The van der Waals surface area contributed by atoms with Crippen LogP contribution in [0.15, 0.2) is 47.0 Å². The summed E-state index contributed by atoms with van der Waals surface area (Å²) >= 11 is 5.99. The summed E-state index contributed by atoms with van der Waals surface area (Å²) in [5.74, 6) is 1.73. The van der Waals surface area contributed by atoms with E-state index in [-0.39, 0.29) is 6.61 Å². The molecule has 0 saturated carbocycles. The summed E-state index contributed by atoms with van der Waals surface area (Å²) in [5.41, 5.74) is 3.02. The van der Waals surface area contributed by atoms with E-state index in [0.29, 0.717) is 16.7 Å². The van der Waals surface area contributed by atoms with Crippen LogP contribution in [0.2, 0.25) is 5.02 Å². The minimum absolute atomic E-state index is 0.222. The van der Waals surface area contributed by atoms with Gasteiger partial charge in [-0.25, -0.2) is 0 Å². The molecule has 1 aromatic heterocycles. The summed E-state index contributed by atoms with van der Waals surface area (Å²) < 4.78 is 10.9. The average Bonchev–Trinajstić information content (AvgIpc) is 2.98. The van der Waals surface area contributed by atoms with Gasteiger partial charge in [-0.2, -0.15) is 4.98 Å². The van der Waals surface area contributed by atoms with E-state index in [0.717, 1.165) is 22.4 Å². The lowest BCUT2D eigenvalue weighted by Crippen LogP contribution is -1.96. The van der Waals surface area contributed by atoms with Gasteiger partial charge in [0.25, 0.3) is 5.89 Å². The molecule has 0 spiro atoms. The van der Waals surface area contributed by atoms with Crippen LogP contribution in [-0.2, 0) is 6.61 Å². The number of hydrogen-bond donors (Lipinski definition) is 0. The molecule has 3 aromatic rings. The molecule has 0 unspecified atom stereocenters. The summed E-state index contributed by atoms with van der Waals surface area (Å²) in [4.78, 5) is 4.37. The van der Waals surface area contributed by atoms with Gasteiger partial charge in [0, 0.05) is 10.6 Å². The highest BCUT2D eigenvalue weighted by Gasteiger charge is 2.11. The van der Waals surface area contributed by atoms with Gasteiger partial charge >= 0.3 is 0 Å². The molecule has 5 heteroatoms. The zero-order valence-electron chi connectivity index (χ0n) is 12.3. The van der Waals surface area contributed by atoms with Crippen molar-refractivity contribution in [1.29, 1.82) is 0 Å². The average molecular weight is 315 g/mol. The Hall–Kier alpha value is -2.33. The lowest BCUT2D eigenvalue weighted by molar-refractivity contribution is 0.243. The van der Waals surface area contributed by atoms with Crippen LogP contribution in [0.3, 0.4) is 0 Å². The monoisotopic (exact) mass is 314 g/mol. The summed E-state index contributed by atoms with van der Waals surface area (Å²) in [6, 6.07) is 13.4. The second-order valence-electron chi connectivity index (χ2n) is 5.03. The topological polar surface area (TPSA) is 48.2 Å². The van der Waals surface area contributed by atoms with Gasteiger partial charge in [-0.15, -0.1) is 0 Å². The minimum atomic E-state index is 0.222. The number of ether oxygens (including phenoxy) is 1. The molecular weight excluding hydrogens is 300 g/mol. The van der Waals surface area contributed by atoms with Crippen molar-refractivity contribution in [2.75, 3.05) is 0 Å². The van der Waals surface area contributed by atoms with Crippen molar-refractivity contribution in [3.8, 4) is 17.1 Å². The number of benzene rings is 2. The van der Waals surface area contributed by atoms with Crippen LogP contribution >= 0.6 is 11.6 Å². The van der Waals surface area contributed by atoms with Gasteiger partial charge in [0.15, 0.2) is 6.61 Å². The molecule has 0 aliphatic carbocycles. The van der Waals surface area contributed by atoms with Crippen LogP contribution in [-0.4, -0.2) is 10.1 Å². The van der Waals surface area contributed by atoms with E-state index in [4.69, 9.17) is 20.9 Å². The fourth-order valence-electron chi connectivity index (χ4n) is 2.10. The number of aryl methyl sites for hydroxylation is 2. The Kier molecular flexibility index (Phi) is 4.11. The Labute approximate surface area is 133 Å². The number of nitrogens with zero attached hydrogens (tertiary/aromatic N) is 2. The van der Waals surface area contributed by atoms with E-state index >= 15 is 0 Å². The van der Waals surface area contributed by atoms with Crippen LogP contribution in [0, 0.1) is 13.8 Å². The first-order valence-corrected chi connectivity index (χ1v) is 7.29. The molecule has 0 radical (unpaired) electrons.